The van der Waals surface area contributed by atoms with E-state index in [-0.39, 0.29) is 5.91 Å². The molecule has 0 aliphatic carbocycles. The van der Waals surface area contributed by atoms with Crippen molar-refractivity contribution < 1.29 is 19.0 Å². The third-order valence-electron chi connectivity index (χ3n) is 6.42. The zero-order chi connectivity index (χ0) is 26.8. The fourth-order valence-corrected chi connectivity index (χ4v) is 4.59. The molecule has 0 saturated carbocycles. The monoisotopic (exact) mass is 511 g/mol. The first kappa shape index (κ1) is 24.9. The number of nitrogens with one attached hydrogen (secondary N) is 2. The maximum absolute atomic E-state index is 13.8. The van der Waals surface area contributed by atoms with Gasteiger partial charge in [-0.05, 0) is 43.7 Å². The molecule has 2 N–H and O–H groups in total. The maximum Gasteiger partial charge on any atom is 0.255 e. The number of aryl methyl sites for hydroxylation is 1. The van der Waals surface area contributed by atoms with Crippen molar-refractivity contribution in [3.05, 3.63) is 89.1 Å². The fourth-order valence-electron chi connectivity index (χ4n) is 4.59. The molecule has 2 heterocycles. The van der Waals surface area contributed by atoms with Gasteiger partial charge in [-0.1, -0.05) is 42.0 Å². The number of rotatable bonds is 7. The number of amides is 1. The lowest BCUT2D eigenvalue weighted by Gasteiger charge is -2.29. The number of fused-ring (bicyclic) bond motifs is 1. The molecule has 0 spiro atoms. The van der Waals surface area contributed by atoms with Crippen LogP contribution in [0.5, 0.6) is 17.2 Å². The first-order chi connectivity index (χ1) is 18.4. The number of ether oxygens (including phenoxy) is 3. The Hall–Kier alpha value is -4.79. The molecule has 3 aromatic carbocycles. The second-order valence-corrected chi connectivity index (χ2v) is 8.94. The summed E-state index contributed by atoms with van der Waals surface area (Å²) in [5, 5.41) is 11.2. The van der Waals surface area contributed by atoms with Crippen molar-refractivity contribution in [2.45, 2.75) is 19.9 Å². The third kappa shape index (κ3) is 4.66. The van der Waals surface area contributed by atoms with Gasteiger partial charge in [-0.2, -0.15) is 4.98 Å². The first-order valence-electron chi connectivity index (χ1n) is 12.1. The van der Waals surface area contributed by atoms with E-state index >= 15 is 0 Å². The van der Waals surface area contributed by atoms with Crippen LogP contribution in [-0.2, 0) is 4.79 Å². The van der Waals surface area contributed by atoms with Gasteiger partial charge in [0.05, 0.1) is 32.6 Å². The third-order valence-corrected chi connectivity index (χ3v) is 6.42. The molecule has 0 bridgehead atoms. The van der Waals surface area contributed by atoms with E-state index in [1.165, 1.54) is 0 Å². The highest BCUT2D eigenvalue weighted by molar-refractivity contribution is 6.06. The Morgan fingerprint density at radius 1 is 0.921 bits per heavy atom. The summed E-state index contributed by atoms with van der Waals surface area (Å²) in [5.74, 6) is 2.56. The lowest BCUT2D eigenvalue weighted by Crippen LogP contribution is -2.31. The van der Waals surface area contributed by atoms with Gasteiger partial charge in [-0.25, -0.2) is 4.68 Å². The number of para-hydroxylation sites is 2. The number of hydrogen-bond donors (Lipinski definition) is 2. The van der Waals surface area contributed by atoms with Crippen molar-refractivity contribution >= 4 is 17.5 Å². The summed E-state index contributed by atoms with van der Waals surface area (Å²) in [7, 11) is 4.77. The number of anilines is 2. The Morgan fingerprint density at radius 3 is 2.34 bits per heavy atom. The van der Waals surface area contributed by atoms with E-state index in [4.69, 9.17) is 24.3 Å². The lowest BCUT2D eigenvalue weighted by molar-refractivity contribution is -0.113. The van der Waals surface area contributed by atoms with Crippen LogP contribution in [0.15, 0.2) is 78.0 Å². The first-order valence-corrected chi connectivity index (χ1v) is 12.1. The minimum Gasteiger partial charge on any atom is -0.497 e. The molecule has 0 fully saturated rings. The van der Waals surface area contributed by atoms with Crippen molar-refractivity contribution in [3.8, 4) is 28.6 Å². The van der Waals surface area contributed by atoms with Crippen LogP contribution in [0.2, 0.25) is 0 Å². The highest BCUT2D eigenvalue weighted by atomic mass is 16.5. The largest absolute Gasteiger partial charge is 0.497 e. The van der Waals surface area contributed by atoms with Gasteiger partial charge in [0.15, 0.2) is 5.82 Å². The van der Waals surface area contributed by atoms with E-state index < -0.39 is 6.04 Å². The van der Waals surface area contributed by atoms with Crippen LogP contribution in [0.1, 0.15) is 24.1 Å². The van der Waals surface area contributed by atoms with Crippen LogP contribution in [-0.4, -0.2) is 42.0 Å². The van der Waals surface area contributed by atoms with Gasteiger partial charge in [-0.3, -0.25) is 4.79 Å². The predicted molar refractivity (Wildman–Crippen MR) is 146 cm³/mol. The molecule has 4 aromatic rings. The Labute approximate surface area is 221 Å². The van der Waals surface area contributed by atoms with Gasteiger partial charge in [0.25, 0.3) is 5.91 Å². The number of methoxy groups -OCH3 is 3. The topological polar surface area (TPSA) is 99.5 Å². The van der Waals surface area contributed by atoms with E-state index in [2.05, 4.69) is 16.7 Å². The number of nitrogens with zero attached hydrogens (tertiary/aromatic N) is 3. The Bertz CT molecular complexity index is 1520. The highest BCUT2D eigenvalue weighted by Crippen LogP contribution is 2.38. The van der Waals surface area contributed by atoms with Gasteiger partial charge in [0.2, 0.25) is 5.95 Å². The minimum absolute atomic E-state index is 0.267. The van der Waals surface area contributed by atoms with E-state index in [0.717, 1.165) is 16.7 Å². The second kappa shape index (κ2) is 10.3. The maximum atomic E-state index is 13.8. The molecule has 1 aliphatic rings. The Kier molecular flexibility index (Phi) is 6.74. The van der Waals surface area contributed by atoms with Gasteiger partial charge in [0.1, 0.15) is 23.3 Å². The SMILES string of the molecule is COc1cc(OC)cc(-c2nc3n(n2)C(c2cccc(C)c2)C(C(=O)Nc2ccccc2OC)=C(C)N3)c1. The Balaban J connectivity index is 1.61. The molecule has 0 saturated heterocycles. The van der Waals surface area contributed by atoms with Crippen molar-refractivity contribution in [1.82, 2.24) is 14.8 Å². The molecule has 194 valence electrons. The van der Waals surface area contributed by atoms with Gasteiger partial charge < -0.3 is 24.8 Å². The smallest absolute Gasteiger partial charge is 0.255 e. The summed E-state index contributed by atoms with van der Waals surface area (Å²) in [5.41, 5.74) is 4.49. The molecule has 0 radical (unpaired) electrons. The summed E-state index contributed by atoms with van der Waals surface area (Å²) >= 11 is 0. The molecule has 9 heteroatoms. The molecular formula is C29H29N5O4. The van der Waals surface area contributed by atoms with Crippen molar-refractivity contribution in [2.75, 3.05) is 32.0 Å². The van der Waals surface area contributed by atoms with E-state index in [9.17, 15) is 4.79 Å². The summed E-state index contributed by atoms with van der Waals surface area (Å²) in [6.45, 7) is 3.89. The predicted octanol–water partition coefficient (Wildman–Crippen LogP) is 5.21. The molecule has 9 nitrogen and oxygen atoms in total. The normalized spacial score (nSPS) is 14.4. The van der Waals surface area contributed by atoms with E-state index in [1.807, 2.05) is 56.3 Å². The second-order valence-electron chi connectivity index (χ2n) is 8.94. The van der Waals surface area contributed by atoms with Crippen molar-refractivity contribution in [1.29, 1.82) is 0 Å². The Morgan fingerprint density at radius 2 is 1.66 bits per heavy atom. The summed E-state index contributed by atoms with van der Waals surface area (Å²) < 4.78 is 18.1. The van der Waals surface area contributed by atoms with Crippen LogP contribution in [0.3, 0.4) is 0 Å². The molecule has 1 aromatic heterocycles. The van der Waals surface area contributed by atoms with Crippen molar-refractivity contribution in [3.63, 3.8) is 0 Å². The van der Waals surface area contributed by atoms with Crippen LogP contribution in [0, 0.1) is 6.92 Å². The van der Waals surface area contributed by atoms with Crippen LogP contribution < -0.4 is 24.8 Å². The van der Waals surface area contributed by atoms with Crippen molar-refractivity contribution in [2.24, 2.45) is 0 Å². The number of carbonyl (C=O) groups excluding carboxylic acids is 1. The number of carbonyl (C=O) groups is 1. The molecule has 1 aliphatic heterocycles. The van der Waals surface area contributed by atoms with Gasteiger partial charge in [0, 0.05) is 17.3 Å². The zero-order valence-corrected chi connectivity index (χ0v) is 21.9. The summed E-state index contributed by atoms with van der Waals surface area (Å²) in [6, 6.07) is 20.3. The summed E-state index contributed by atoms with van der Waals surface area (Å²) in [6.07, 6.45) is 0. The molecule has 38 heavy (non-hydrogen) atoms. The number of hydrogen-bond acceptors (Lipinski definition) is 7. The van der Waals surface area contributed by atoms with Gasteiger partial charge in [-0.15, -0.1) is 5.10 Å². The molecule has 1 unspecified atom stereocenters. The highest BCUT2D eigenvalue weighted by Gasteiger charge is 2.35. The average molecular weight is 512 g/mol. The van der Waals surface area contributed by atoms with E-state index in [0.29, 0.717) is 46.0 Å². The molecule has 1 atom stereocenters. The number of allylic oxidation sites excluding steroid dienone is 1. The number of aromatic nitrogens is 3. The number of benzene rings is 3. The molecule has 5 rings (SSSR count). The minimum atomic E-state index is -0.519. The molecule has 1 amide bonds. The standard InChI is InChI=1S/C29H29N5O4/c1-17-9-8-10-19(13-17)26-25(28(35)31-23-11-6-7-12-24(23)38-5)18(2)30-29-32-27(33-34(26)29)20-14-21(36-3)16-22(15-20)37-4/h6-16,26H,1-5H3,(H,31,35)(H,30,32,33). The quantitative estimate of drug-likeness (QED) is 0.352. The fraction of sp³-hybridized carbons (Fsp3) is 0.207. The lowest BCUT2D eigenvalue weighted by atomic mass is 9.94. The molecular weight excluding hydrogens is 482 g/mol. The summed E-state index contributed by atoms with van der Waals surface area (Å²) in [4.78, 5) is 18.6. The van der Waals surface area contributed by atoms with E-state index in [1.54, 1.807) is 44.2 Å². The van der Waals surface area contributed by atoms with Gasteiger partial charge >= 0.3 is 0 Å². The average Bonchev–Trinajstić information content (AvgIpc) is 3.35. The van der Waals surface area contributed by atoms with Crippen LogP contribution >= 0.6 is 0 Å². The zero-order valence-electron chi connectivity index (χ0n) is 21.9. The van der Waals surface area contributed by atoms with Crippen LogP contribution in [0.4, 0.5) is 11.6 Å². The van der Waals surface area contributed by atoms with Crippen LogP contribution in [0.25, 0.3) is 11.4 Å².